The molecule has 0 bridgehead atoms. The average molecular weight is 137 g/mol. The quantitative estimate of drug-likeness (QED) is 0.380. The van der Waals surface area contributed by atoms with Crippen LogP contribution in [0.2, 0.25) is 0 Å². The third kappa shape index (κ3) is 1.80. The highest BCUT2D eigenvalue weighted by molar-refractivity contribution is 4.87. The zero-order chi connectivity index (χ0) is 7.23. The number of imidazole rings is 1. The molecule has 0 aliphatic carbocycles. The molecule has 0 radical (unpaired) electrons. The van der Waals surface area contributed by atoms with E-state index in [1.807, 2.05) is 0 Å². The Kier molecular flexibility index (Phi) is 2.34. The van der Waals surface area contributed by atoms with Crippen LogP contribution in [0.15, 0.2) is 17.5 Å². The monoisotopic (exact) mass is 137 g/mol. The molecule has 1 heterocycles. The first-order valence-electron chi connectivity index (χ1n) is 2.92. The van der Waals surface area contributed by atoms with Crippen LogP contribution in [-0.2, 0) is 6.42 Å². The summed E-state index contributed by atoms with van der Waals surface area (Å²) in [6, 6.07) is 0. The lowest BCUT2D eigenvalue weighted by molar-refractivity contribution is 0.887. The fraction of sp³-hybridized carbons (Fsp3) is 0.400. The van der Waals surface area contributed by atoms with Crippen molar-refractivity contribution in [2.24, 2.45) is 5.11 Å². The lowest BCUT2D eigenvalue weighted by Crippen LogP contribution is -1.89. The summed E-state index contributed by atoms with van der Waals surface area (Å²) in [5.74, 6) is 0.854. The van der Waals surface area contributed by atoms with E-state index in [0.29, 0.717) is 13.0 Å². The first-order chi connectivity index (χ1) is 4.93. The van der Waals surface area contributed by atoms with Crippen molar-refractivity contribution in [2.75, 3.05) is 6.54 Å². The molecule has 1 N–H and O–H groups in total. The highest BCUT2D eigenvalue weighted by Gasteiger charge is 1.89. The molecule has 0 aromatic carbocycles. The second-order valence-corrected chi connectivity index (χ2v) is 1.74. The van der Waals surface area contributed by atoms with Crippen LogP contribution >= 0.6 is 0 Å². The van der Waals surface area contributed by atoms with E-state index in [0.717, 1.165) is 5.82 Å². The topological polar surface area (TPSA) is 77.4 Å². The first-order valence-corrected chi connectivity index (χ1v) is 2.92. The van der Waals surface area contributed by atoms with Gasteiger partial charge in [-0.3, -0.25) is 0 Å². The summed E-state index contributed by atoms with van der Waals surface area (Å²) in [7, 11) is 0. The van der Waals surface area contributed by atoms with Gasteiger partial charge in [0.2, 0.25) is 0 Å². The molecule has 0 fully saturated rings. The Bertz CT molecular complexity index is 220. The Labute approximate surface area is 57.7 Å². The van der Waals surface area contributed by atoms with Crippen molar-refractivity contribution >= 4 is 0 Å². The van der Waals surface area contributed by atoms with E-state index < -0.39 is 0 Å². The maximum atomic E-state index is 7.92. The summed E-state index contributed by atoms with van der Waals surface area (Å²) in [6.45, 7) is 0.462. The normalized spacial score (nSPS) is 8.80. The summed E-state index contributed by atoms with van der Waals surface area (Å²) in [5, 5.41) is 3.37. The predicted octanol–water partition coefficient (Wildman–Crippen LogP) is 1.26. The molecule has 0 aliphatic rings. The average Bonchev–Trinajstić information content (AvgIpc) is 2.41. The Morgan fingerprint density at radius 1 is 1.80 bits per heavy atom. The molecule has 5 heteroatoms. The minimum absolute atomic E-state index is 0.462. The van der Waals surface area contributed by atoms with Gasteiger partial charge in [0, 0.05) is 30.3 Å². The van der Waals surface area contributed by atoms with Gasteiger partial charge in [-0.25, -0.2) is 4.98 Å². The van der Waals surface area contributed by atoms with E-state index >= 15 is 0 Å². The van der Waals surface area contributed by atoms with Crippen LogP contribution < -0.4 is 0 Å². The molecule has 0 saturated heterocycles. The zero-order valence-electron chi connectivity index (χ0n) is 5.36. The van der Waals surface area contributed by atoms with Crippen LogP contribution in [-0.4, -0.2) is 16.5 Å². The summed E-state index contributed by atoms with van der Waals surface area (Å²) in [4.78, 5) is 9.47. The van der Waals surface area contributed by atoms with Gasteiger partial charge < -0.3 is 4.98 Å². The van der Waals surface area contributed by atoms with Crippen molar-refractivity contribution in [3.05, 3.63) is 28.7 Å². The molecular formula is C5H7N5. The molecule has 1 aromatic rings. The number of H-pyrrole nitrogens is 1. The molecule has 5 nitrogen and oxygen atoms in total. The second kappa shape index (κ2) is 3.53. The smallest absolute Gasteiger partial charge is 0.106 e. The molecule has 10 heavy (non-hydrogen) atoms. The largest absolute Gasteiger partial charge is 0.349 e. The van der Waals surface area contributed by atoms with E-state index in [1.165, 1.54) is 0 Å². The van der Waals surface area contributed by atoms with Gasteiger partial charge in [-0.2, -0.15) is 0 Å². The fourth-order valence-electron chi connectivity index (χ4n) is 0.635. The molecule has 0 spiro atoms. The van der Waals surface area contributed by atoms with Crippen molar-refractivity contribution in [3.63, 3.8) is 0 Å². The molecule has 0 amide bonds. The van der Waals surface area contributed by atoms with Crippen LogP contribution in [0.1, 0.15) is 5.82 Å². The van der Waals surface area contributed by atoms with Crippen molar-refractivity contribution in [2.45, 2.75) is 6.42 Å². The van der Waals surface area contributed by atoms with Gasteiger partial charge in [-0.1, -0.05) is 5.11 Å². The molecule has 1 rings (SSSR count). The minimum Gasteiger partial charge on any atom is -0.349 e. The molecule has 52 valence electrons. The molecule has 0 saturated carbocycles. The number of nitrogens with zero attached hydrogens (tertiary/aromatic N) is 4. The number of rotatable bonds is 3. The van der Waals surface area contributed by atoms with Gasteiger partial charge in [0.05, 0.1) is 0 Å². The number of hydrogen-bond acceptors (Lipinski definition) is 2. The molecule has 0 aliphatic heterocycles. The van der Waals surface area contributed by atoms with E-state index in [1.54, 1.807) is 12.4 Å². The van der Waals surface area contributed by atoms with Crippen LogP contribution in [0.4, 0.5) is 0 Å². The number of azide groups is 1. The van der Waals surface area contributed by atoms with Gasteiger partial charge in [-0.15, -0.1) is 0 Å². The van der Waals surface area contributed by atoms with Gasteiger partial charge in [0.15, 0.2) is 0 Å². The standard InChI is InChI=1S/C5H7N5/c6-10-9-2-1-5-7-3-4-8-5/h3-4H,1-2H2,(H,7,8). The molecule has 0 unspecified atom stereocenters. The van der Waals surface area contributed by atoms with Gasteiger partial charge >= 0.3 is 0 Å². The van der Waals surface area contributed by atoms with Crippen LogP contribution in [0.3, 0.4) is 0 Å². The number of nitrogens with one attached hydrogen (secondary N) is 1. The van der Waals surface area contributed by atoms with Crippen LogP contribution in [0.25, 0.3) is 10.4 Å². The van der Waals surface area contributed by atoms with Crippen LogP contribution in [0.5, 0.6) is 0 Å². The number of hydrogen-bond donors (Lipinski definition) is 1. The van der Waals surface area contributed by atoms with E-state index in [-0.39, 0.29) is 0 Å². The Hall–Kier alpha value is -1.48. The summed E-state index contributed by atoms with van der Waals surface area (Å²) >= 11 is 0. The lowest BCUT2D eigenvalue weighted by atomic mass is 10.4. The third-order valence-corrected chi connectivity index (χ3v) is 1.07. The Morgan fingerprint density at radius 2 is 2.70 bits per heavy atom. The van der Waals surface area contributed by atoms with Crippen molar-refractivity contribution in [1.29, 1.82) is 0 Å². The first kappa shape index (κ1) is 6.64. The summed E-state index contributed by atoms with van der Waals surface area (Å²) in [6.07, 6.45) is 4.09. The fourth-order valence-corrected chi connectivity index (χ4v) is 0.635. The van der Waals surface area contributed by atoms with Crippen molar-refractivity contribution < 1.29 is 0 Å². The lowest BCUT2D eigenvalue weighted by Gasteiger charge is -1.86. The third-order valence-electron chi connectivity index (χ3n) is 1.07. The van der Waals surface area contributed by atoms with Crippen LogP contribution in [0, 0.1) is 0 Å². The Balaban J connectivity index is 2.34. The van der Waals surface area contributed by atoms with E-state index in [4.69, 9.17) is 5.53 Å². The highest BCUT2D eigenvalue weighted by Crippen LogP contribution is 1.89. The number of aromatic amines is 1. The van der Waals surface area contributed by atoms with Gasteiger partial charge in [0.25, 0.3) is 0 Å². The number of aromatic nitrogens is 2. The molecule has 0 atom stereocenters. The minimum atomic E-state index is 0.462. The molecular weight excluding hydrogens is 130 g/mol. The zero-order valence-corrected chi connectivity index (χ0v) is 5.36. The summed E-state index contributed by atoms with van der Waals surface area (Å²) in [5.41, 5.74) is 7.92. The Morgan fingerprint density at radius 3 is 3.30 bits per heavy atom. The maximum absolute atomic E-state index is 7.92. The van der Waals surface area contributed by atoms with E-state index in [9.17, 15) is 0 Å². The van der Waals surface area contributed by atoms with Crippen molar-refractivity contribution in [3.8, 4) is 0 Å². The van der Waals surface area contributed by atoms with Gasteiger partial charge in [0.1, 0.15) is 5.82 Å². The van der Waals surface area contributed by atoms with E-state index in [2.05, 4.69) is 20.0 Å². The maximum Gasteiger partial charge on any atom is 0.106 e. The van der Waals surface area contributed by atoms with Gasteiger partial charge in [-0.05, 0) is 5.53 Å². The SMILES string of the molecule is [N-]=[N+]=NCCc1ncc[nH]1. The second-order valence-electron chi connectivity index (χ2n) is 1.74. The predicted molar refractivity (Wildman–Crippen MR) is 36.3 cm³/mol. The van der Waals surface area contributed by atoms with Crippen molar-refractivity contribution in [1.82, 2.24) is 9.97 Å². The highest BCUT2D eigenvalue weighted by atomic mass is 15.1. The molecule has 1 aromatic heterocycles. The summed E-state index contributed by atoms with van der Waals surface area (Å²) < 4.78 is 0.